The maximum absolute atomic E-state index is 6.21. The van der Waals surface area contributed by atoms with Crippen LogP contribution in [0.2, 0.25) is 5.02 Å². The fourth-order valence-corrected chi connectivity index (χ4v) is 2.55. The first-order chi connectivity index (χ1) is 12.7. The summed E-state index contributed by atoms with van der Waals surface area (Å²) in [5.41, 5.74) is 0.673. The zero-order chi connectivity index (χ0) is 18.5. The van der Waals surface area contributed by atoms with Crippen LogP contribution in [-0.4, -0.2) is 41.7 Å². The quantitative estimate of drug-likeness (QED) is 0.605. The van der Waals surface area contributed by atoms with E-state index in [1.54, 1.807) is 31.4 Å². The van der Waals surface area contributed by atoms with Crippen LogP contribution in [0.25, 0.3) is 10.9 Å². The Morgan fingerprint density at radius 3 is 2.62 bits per heavy atom. The van der Waals surface area contributed by atoms with Gasteiger partial charge in [-0.15, -0.1) is 11.6 Å². The smallest absolute Gasteiger partial charge is 0.214 e. The van der Waals surface area contributed by atoms with Crippen molar-refractivity contribution in [2.75, 3.05) is 32.0 Å². The number of rotatable bonds is 7. The van der Waals surface area contributed by atoms with Gasteiger partial charge >= 0.3 is 0 Å². The van der Waals surface area contributed by atoms with Crippen LogP contribution in [0, 0.1) is 0 Å². The molecule has 0 spiro atoms. The van der Waals surface area contributed by atoms with Crippen LogP contribution in [0.3, 0.4) is 0 Å². The molecule has 3 aromatic rings. The Morgan fingerprint density at radius 2 is 1.88 bits per heavy atom. The molecule has 3 rings (SSSR count). The molecular formula is C17H16Cl2N4O3. The molecule has 26 heavy (non-hydrogen) atoms. The predicted octanol–water partition coefficient (Wildman–Crippen LogP) is 4.06. The lowest BCUT2D eigenvalue weighted by molar-refractivity contribution is 0.313. The summed E-state index contributed by atoms with van der Waals surface area (Å²) in [7, 11) is 3.10. The van der Waals surface area contributed by atoms with Gasteiger partial charge in [0.1, 0.15) is 18.8 Å². The predicted molar refractivity (Wildman–Crippen MR) is 101 cm³/mol. The van der Waals surface area contributed by atoms with Crippen molar-refractivity contribution in [2.24, 2.45) is 0 Å². The Kier molecular flexibility index (Phi) is 5.80. The van der Waals surface area contributed by atoms with Crippen molar-refractivity contribution in [1.29, 1.82) is 0 Å². The highest BCUT2D eigenvalue weighted by atomic mass is 35.5. The van der Waals surface area contributed by atoms with Crippen LogP contribution in [0.1, 0.15) is 0 Å². The second-order valence-electron chi connectivity index (χ2n) is 5.09. The van der Waals surface area contributed by atoms with Gasteiger partial charge in [0, 0.05) is 17.5 Å². The molecule has 0 fully saturated rings. The van der Waals surface area contributed by atoms with E-state index in [9.17, 15) is 0 Å². The Labute approximate surface area is 160 Å². The first-order valence-electron chi connectivity index (χ1n) is 7.65. The molecule has 2 aromatic heterocycles. The van der Waals surface area contributed by atoms with Crippen LogP contribution in [0.15, 0.2) is 30.6 Å². The van der Waals surface area contributed by atoms with Gasteiger partial charge in [0.25, 0.3) is 0 Å². The van der Waals surface area contributed by atoms with Crippen molar-refractivity contribution < 1.29 is 14.2 Å². The van der Waals surface area contributed by atoms with Crippen molar-refractivity contribution in [3.63, 3.8) is 0 Å². The highest BCUT2D eigenvalue weighted by molar-refractivity contribution is 6.33. The fourth-order valence-electron chi connectivity index (χ4n) is 2.32. The van der Waals surface area contributed by atoms with Gasteiger partial charge in [-0.05, 0) is 12.1 Å². The largest absolute Gasteiger partial charge is 0.493 e. The number of methoxy groups -OCH3 is 2. The molecule has 0 radical (unpaired) electrons. The summed E-state index contributed by atoms with van der Waals surface area (Å²) in [6.07, 6.45) is 1.44. The van der Waals surface area contributed by atoms with Crippen molar-refractivity contribution in [3.05, 3.63) is 35.6 Å². The van der Waals surface area contributed by atoms with Crippen LogP contribution >= 0.6 is 23.2 Å². The Hall–Kier alpha value is -2.51. The van der Waals surface area contributed by atoms with E-state index in [1.807, 2.05) is 0 Å². The molecule has 0 unspecified atom stereocenters. The molecule has 0 aliphatic rings. The van der Waals surface area contributed by atoms with Crippen LogP contribution in [0.4, 0.5) is 11.6 Å². The monoisotopic (exact) mass is 394 g/mol. The molecule has 0 saturated carbocycles. The molecule has 0 aliphatic heterocycles. The topological polar surface area (TPSA) is 78.4 Å². The number of alkyl halides is 1. The summed E-state index contributed by atoms with van der Waals surface area (Å²) in [4.78, 5) is 12.9. The van der Waals surface area contributed by atoms with Gasteiger partial charge in [0.2, 0.25) is 5.88 Å². The molecule has 2 heterocycles. The molecule has 1 aromatic carbocycles. The first kappa shape index (κ1) is 18.3. The molecule has 136 valence electrons. The van der Waals surface area contributed by atoms with E-state index in [0.717, 1.165) is 5.39 Å². The molecular weight excluding hydrogens is 379 g/mol. The Morgan fingerprint density at radius 1 is 1.04 bits per heavy atom. The highest BCUT2D eigenvalue weighted by Crippen LogP contribution is 2.35. The van der Waals surface area contributed by atoms with E-state index in [4.69, 9.17) is 37.4 Å². The summed E-state index contributed by atoms with van der Waals surface area (Å²) in [5, 5.41) is 4.27. The molecule has 0 amide bonds. The van der Waals surface area contributed by atoms with Crippen molar-refractivity contribution in [1.82, 2.24) is 15.0 Å². The zero-order valence-electron chi connectivity index (χ0n) is 14.1. The third-order valence-electron chi connectivity index (χ3n) is 3.52. The Bertz CT molecular complexity index is 924. The fraction of sp³-hybridized carbons (Fsp3) is 0.235. The minimum atomic E-state index is 0.364. The molecule has 0 bridgehead atoms. The number of anilines is 2. The summed E-state index contributed by atoms with van der Waals surface area (Å²) in [6.45, 7) is 0.364. The lowest BCUT2D eigenvalue weighted by atomic mass is 10.2. The number of pyridine rings is 1. The second-order valence-corrected chi connectivity index (χ2v) is 5.87. The van der Waals surface area contributed by atoms with E-state index >= 15 is 0 Å². The van der Waals surface area contributed by atoms with Gasteiger partial charge in [-0.3, -0.25) is 0 Å². The molecule has 0 aliphatic carbocycles. The molecule has 7 nitrogen and oxygen atoms in total. The highest BCUT2D eigenvalue weighted by Gasteiger charge is 2.13. The number of fused-ring (bicyclic) bond motifs is 1. The second kappa shape index (κ2) is 8.25. The van der Waals surface area contributed by atoms with E-state index in [2.05, 4.69) is 20.3 Å². The van der Waals surface area contributed by atoms with Crippen molar-refractivity contribution in [3.8, 4) is 17.4 Å². The normalized spacial score (nSPS) is 10.6. The summed E-state index contributed by atoms with van der Waals surface area (Å²) in [5.74, 6) is 2.86. The van der Waals surface area contributed by atoms with Crippen LogP contribution in [-0.2, 0) is 0 Å². The number of benzene rings is 1. The minimum Gasteiger partial charge on any atom is -0.493 e. The average Bonchev–Trinajstić information content (AvgIpc) is 2.67. The van der Waals surface area contributed by atoms with Crippen molar-refractivity contribution in [2.45, 2.75) is 0 Å². The average molecular weight is 395 g/mol. The van der Waals surface area contributed by atoms with Gasteiger partial charge in [-0.1, -0.05) is 11.6 Å². The maximum Gasteiger partial charge on any atom is 0.214 e. The lowest BCUT2D eigenvalue weighted by Gasteiger charge is -2.13. The standard InChI is InChI=1S/C17H16Cl2N4O3/c1-24-13-7-10-12(8-14(13)26-6-5-18)20-9-21-16(10)23-17-11(19)3-4-15(22-17)25-2/h3-4,7-9H,5-6H2,1-2H3,(H,20,21,22,23). The van der Waals surface area contributed by atoms with E-state index in [1.165, 1.54) is 13.4 Å². The first-order valence-corrected chi connectivity index (χ1v) is 8.56. The number of nitrogens with zero attached hydrogens (tertiary/aromatic N) is 3. The van der Waals surface area contributed by atoms with Gasteiger partial charge in [-0.2, -0.15) is 4.98 Å². The van der Waals surface area contributed by atoms with Gasteiger partial charge < -0.3 is 19.5 Å². The van der Waals surface area contributed by atoms with E-state index in [-0.39, 0.29) is 0 Å². The number of hydrogen-bond donors (Lipinski definition) is 1. The number of aromatic nitrogens is 3. The van der Waals surface area contributed by atoms with E-state index in [0.29, 0.717) is 52.0 Å². The number of nitrogens with one attached hydrogen (secondary N) is 1. The molecule has 9 heteroatoms. The Balaban J connectivity index is 2.04. The van der Waals surface area contributed by atoms with Crippen molar-refractivity contribution >= 4 is 45.7 Å². The van der Waals surface area contributed by atoms with Gasteiger partial charge in [-0.25, -0.2) is 9.97 Å². The van der Waals surface area contributed by atoms with Crippen LogP contribution < -0.4 is 19.5 Å². The molecule has 0 atom stereocenters. The summed E-state index contributed by atoms with van der Waals surface area (Å²) in [6, 6.07) is 6.93. The molecule has 0 saturated heterocycles. The maximum atomic E-state index is 6.21. The number of ether oxygens (including phenoxy) is 3. The number of halogens is 2. The minimum absolute atomic E-state index is 0.364. The number of hydrogen-bond acceptors (Lipinski definition) is 7. The van der Waals surface area contributed by atoms with E-state index < -0.39 is 0 Å². The van der Waals surface area contributed by atoms with Gasteiger partial charge in [0.05, 0.1) is 30.6 Å². The molecule has 1 N–H and O–H groups in total. The zero-order valence-corrected chi connectivity index (χ0v) is 15.6. The third kappa shape index (κ3) is 3.84. The third-order valence-corrected chi connectivity index (χ3v) is 3.98. The van der Waals surface area contributed by atoms with Gasteiger partial charge in [0.15, 0.2) is 17.3 Å². The lowest BCUT2D eigenvalue weighted by Crippen LogP contribution is -2.02. The summed E-state index contributed by atoms with van der Waals surface area (Å²) < 4.78 is 16.1. The SMILES string of the molecule is COc1ccc(Cl)c(Nc2ncnc3cc(OCCCl)c(OC)cc23)n1. The summed E-state index contributed by atoms with van der Waals surface area (Å²) >= 11 is 11.9. The van der Waals surface area contributed by atoms with Crippen LogP contribution in [0.5, 0.6) is 17.4 Å².